The molecule has 2 aromatic carbocycles. The quantitative estimate of drug-likeness (QED) is 0.796. The molecule has 0 atom stereocenters. The van der Waals surface area contributed by atoms with Crippen molar-refractivity contribution < 1.29 is 9.84 Å². The predicted molar refractivity (Wildman–Crippen MR) is 98.3 cm³/mol. The molecule has 2 aliphatic carbocycles. The molecule has 2 fully saturated rings. The first-order chi connectivity index (χ1) is 11.8. The summed E-state index contributed by atoms with van der Waals surface area (Å²) in [7, 11) is 0. The number of fused-ring (bicyclic) bond motifs is 1. The van der Waals surface area contributed by atoms with Gasteiger partial charge in [-0.2, -0.15) is 0 Å². The van der Waals surface area contributed by atoms with Gasteiger partial charge in [0.2, 0.25) is 0 Å². The fourth-order valence-electron chi connectivity index (χ4n) is 4.76. The minimum atomic E-state index is 0.0953. The lowest BCUT2D eigenvalue weighted by Crippen LogP contribution is -2.33. The molecule has 0 heterocycles. The van der Waals surface area contributed by atoms with E-state index in [1.807, 2.05) is 12.1 Å². The molecule has 2 heteroatoms. The summed E-state index contributed by atoms with van der Waals surface area (Å²) in [5.41, 5.74) is 1.61. The van der Waals surface area contributed by atoms with Crippen LogP contribution in [0.25, 0.3) is 10.8 Å². The summed E-state index contributed by atoms with van der Waals surface area (Å²) in [5.74, 6) is 0.990. The van der Waals surface area contributed by atoms with E-state index < -0.39 is 0 Å². The molecule has 0 saturated heterocycles. The molecule has 24 heavy (non-hydrogen) atoms. The van der Waals surface area contributed by atoms with Gasteiger partial charge in [0, 0.05) is 0 Å². The molecule has 128 valence electrons. The highest BCUT2D eigenvalue weighted by Crippen LogP contribution is 2.47. The van der Waals surface area contributed by atoms with Gasteiger partial charge < -0.3 is 9.84 Å². The third-order valence-electron chi connectivity index (χ3n) is 6.27. The second kappa shape index (κ2) is 6.76. The Labute approximate surface area is 144 Å². The van der Waals surface area contributed by atoms with Crippen molar-refractivity contribution in [3.8, 4) is 5.75 Å². The fourth-order valence-corrected chi connectivity index (χ4v) is 4.76. The molecule has 0 aromatic heterocycles. The largest absolute Gasteiger partial charge is 0.490 e. The third kappa shape index (κ3) is 3.30. The highest BCUT2D eigenvalue weighted by atomic mass is 16.5. The van der Waals surface area contributed by atoms with Gasteiger partial charge >= 0.3 is 0 Å². The maximum atomic E-state index is 9.25. The molecule has 0 radical (unpaired) electrons. The van der Waals surface area contributed by atoms with Crippen LogP contribution in [-0.4, -0.2) is 11.2 Å². The molecule has 4 rings (SSSR count). The standard InChI is InChI=1S/C22H28O2/c23-16-17-4-5-19-15-21(7-6-18(19)14-17)24-20-8-12-22(13-9-20)10-2-1-3-11-22/h4-7,14-15,20,23H,1-3,8-13,16H2. The summed E-state index contributed by atoms with van der Waals surface area (Å²) >= 11 is 0. The first-order valence-electron chi connectivity index (χ1n) is 9.57. The van der Waals surface area contributed by atoms with Crippen molar-refractivity contribution in [2.24, 2.45) is 5.41 Å². The van der Waals surface area contributed by atoms with Crippen LogP contribution in [0.3, 0.4) is 0 Å². The molecule has 0 unspecified atom stereocenters. The number of rotatable bonds is 3. The van der Waals surface area contributed by atoms with E-state index in [9.17, 15) is 5.11 Å². The van der Waals surface area contributed by atoms with Crippen molar-refractivity contribution in [2.45, 2.75) is 70.5 Å². The smallest absolute Gasteiger partial charge is 0.120 e. The third-order valence-corrected chi connectivity index (χ3v) is 6.27. The molecule has 0 amide bonds. The number of hydrogen-bond donors (Lipinski definition) is 1. The molecule has 0 bridgehead atoms. The molecular weight excluding hydrogens is 296 g/mol. The van der Waals surface area contributed by atoms with Gasteiger partial charge in [-0.3, -0.25) is 0 Å². The van der Waals surface area contributed by atoms with Gasteiger partial charge in [-0.1, -0.05) is 37.5 Å². The lowest BCUT2D eigenvalue weighted by atomic mass is 9.65. The molecule has 2 aromatic rings. The maximum Gasteiger partial charge on any atom is 0.120 e. The zero-order valence-corrected chi connectivity index (χ0v) is 14.5. The summed E-state index contributed by atoms with van der Waals surface area (Å²) in [6, 6.07) is 12.4. The fraction of sp³-hybridized carbons (Fsp3) is 0.545. The van der Waals surface area contributed by atoms with E-state index in [0.717, 1.165) is 11.3 Å². The van der Waals surface area contributed by atoms with Gasteiger partial charge in [0.15, 0.2) is 0 Å². The molecular formula is C22H28O2. The van der Waals surface area contributed by atoms with Crippen molar-refractivity contribution >= 4 is 10.8 Å². The Morgan fingerprint density at radius 2 is 1.58 bits per heavy atom. The van der Waals surface area contributed by atoms with Gasteiger partial charge in [-0.25, -0.2) is 0 Å². The number of benzene rings is 2. The molecule has 2 aliphatic rings. The summed E-state index contributed by atoms with van der Waals surface area (Å²) in [4.78, 5) is 0. The van der Waals surface area contributed by atoms with Crippen molar-refractivity contribution in [3.05, 3.63) is 42.0 Å². The monoisotopic (exact) mass is 324 g/mol. The zero-order valence-electron chi connectivity index (χ0n) is 14.5. The Bertz CT molecular complexity index is 690. The van der Waals surface area contributed by atoms with Crippen molar-refractivity contribution in [3.63, 3.8) is 0 Å². The Balaban J connectivity index is 1.41. The van der Waals surface area contributed by atoms with Gasteiger partial charge in [0.1, 0.15) is 5.75 Å². The summed E-state index contributed by atoms with van der Waals surface area (Å²) in [6.07, 6.45) is 12.7. The minimum absolute atomic E-state index is 0.0953. The van der Waals surface area contributed by atoms with Gasteiger partial charge in [-0.15, -0.1) is 0 Å². The van der Waals surface area contributed by atoms with E-state index in [2.05, 4.69) is 24.3 Å². The van der Waals surface area contributed by atoms with Crippen LogP contribution in [0.4, 0.5) is 0 Å². The molecule has 1 N–H and O–H groups in total. The second-order valence-corrected chi connectivity index (χ2v) is 7.88. The van der Waals surface area contributed by atoms with Crippen LogP contribution in [0, 0.1) is 5.41 Å². The Morgan fingerprint density at radius 1 is 0.875 bits per heavy atom. The van der Waals surface area contributed by atoms with Crippen molar-refractivity contribution in [1.29, 1.82) is 0 Å². The van der Waals surface area contributed by atoms with Gasteiger partial charge in [0.25, 0.3) is 0 Å². The van der Waals surface area contributed by atoms with E-state index in [1.54, 1.807) is 0 Å². The topological polar surface area (TPSA) is 29.5 Å². The molecule has 2 saturated carbocycles. The summed E-state index contributed by atoms with van der Waals surface area (Å²) in [5, 5.41) is 11.6. The van der Waals surface area contributed by atoms with Gasteiger partial charge in [-0.05, 0) is 78.5 Å². The molecule has 2 nitrogen and oxygen atoms in total. The normalized spacial score (nSPS) is 21.2. The minimum Gasteiger partial charge on any atom is -0.490 e. The van der Waals surface area contributed by atoms with Crippen LogP contribution >= 0.6 is 0 Å². The number of ether oxygens (including phenoxy) is 1. The Hall–Kier alpha value is -1.54. The van der Waals surface area contributed by atoms with Crippen LogP contribution < -0.4 is 4.74 Å². The second-order valence-electron chi connectivity index (χ2n) is 7.88. The van der Waals surface area contributed by atoms with E-state index in [1.165, 1.54) is 68.6 Å². The van der Waals surface area contributed by atoms with Crippen molar-refractivity contribution in [1.82, 2.24) is 0 Å². The highest BCUT2D eigenvalue weighted by molar-refractivity contribution is 5.84. The summed E-state index contributed by atoms with van der Waals surface area (Å²) < 4.78 is 6.30. The maximum absolute atomic E-state index is 9.25. The molecule has 0 aliphatic heterocycles. The Kier molecular flexibility index (Phi) is 4.49. The zero-order chi connectivity index (χ0) is 16.4. The lowest BCUT2D eigenvalue weighted by molar-refractivity contribution is 0.0524. The predicted octanol–water partition coefficient (Wildman–Crippen LogP) is 5.60. The van der Waals surface area contributed by atoms with Crippen LogP contribution in [0.1, 0.15) is 63.4 Å². The van der Waals surface area contributed by atoms with Crippen LogP contribution in [0.5, 0.6) is 5.75 Å². The van der Waals surface area contributed by atoms with E-state index in [-0.39, 0.29) is 6.61 Å². The average molecular weight is 324 g/mol. The number of aliphatic hydroxyl groups is 1. The van der Waals surface area contributed by atoms with Crippen LogP contribution in [-0.2, 0) is 6.61 Å². The first-order valence-corrected chi connectivity index (χ1v) is 9.57. The van der Waals surface area contributed by atoms with E-state index >= 15 is 0 Å². The van der Waals surface area contributed by atoms with E-state index in [4.69, 9.17) is 4.74 Å². The first kappa shape index (κ1) is 16.0. The highest BCUT2D eigenvalue weighted by Gasteiger charge is 2.36. The Morgan fingerprint density at radius 3 is 2.33 bits per heavy atom. The number of hydrogen-bond acceptors (Lipinski definition) is 2. The summed E-state index contributed by atoms with van der Waals surface area (Å²) in [6.45, 7) is 0.0953. The van der Waals surface area contributed by atoms with Crippen molar-refractivity contribution in [2.75, 3.05) is 0 Å². The van der Waals surface area contributed by atoms with Gasteiger partial charge in [0.05, 0.1) is 12.7 Å². The van der Waals surface area contributed by atoms with Crippen LogP contribution in [0.15, 0.2) is 36.4 Å². The lowest BCUT2D eigenvalue weighted by Gasteiger charge is -2.42. The average Bonchev–Trinajstić information content (AvgIpc) is 2.64. The van der Waals surface area contributed by atoms with E-state index in [0.29, 0.717) is 11.5 Å². The SMILES string of the molecule is OCc1ccc2cc(OC3CCC4(CCCCC4)CC3)ccc2c1. The number of aliphatic hydroxyl groups excluding tert-OH is 1. The molecule has 1 spiro atoms. The van der Waals surface area contributed by atoms with Crippen LogP contribution in [0.2, 0.25) is 0 Å².